The van der Waals surface area contributed by atoms with Crippen LogP contribution in [0, 0.1) is 18.3 Å². The summed E-state index contributed by atoms with van der Waals surface area (Å²) in [6.45, 7) is 4.07. The highest BCUT2D eigenvalue weighted by Crippen LogP contribution is 2.32. The molecule has 2 saturated heterocycles. The molecule has 44 heavy (non-hydrogen) atoms. The van der Waals surface area contributed by atoms with Crippen LogP contribution in [0.2, 0.25) is 5.02 Å². The molecule has 4 aromatic rings. The van der Waals surface area contributed by atoms with Gasteiger partial charge in [0.25, 0.3) is 5.91 Å². The number of benzene rings is 2. The Bertz CT molecular complexity index is 1760. The van der Waals surface area contributed by atoms with Crippen LogP contribution in [0.5, 0.6) is 5.75 Å². The van der Waals surface area contributed by atoms with Crippen molar-refractivity contribution in [3.8, 4) is 23.1 Å². The lowest BCUT2D eigenvalue weighted by Gasteiger charge is -2.36. The van der Waals surface area contributed by atoms with E-state index in [1.165, 1.54) is 0 Å². The number of carbonyl (C=O) groups excluding carboxylic acids is 2. The molecule has 2 aromatic carbocycles. The van der Waals surface area contributed by atoms with Crippen LogP contribution in [0.15, 0.2) is 55.0 Å². The van der Waals surface area contributed by atoms with Gasteiger partial charge in [0.2, 0.25) is 5.91 Å². The van der Waals surface area contributed by atoms with E-state index in [2.05, 4.69) is 20.6 Å². The number of piperazine rings is 1. The summed E-state index contributed by atoms with van der Waals surface area (Å²) >= 11 is 6.38. The number of amides is 2. The van der Waals surface area contributed by atoms with Crippen molar-refractivity contribution >= 4 is 40.6 Å². The molecule has 4 heterocycles. The summed E-state index contributed by atoms with van der Waals surface area (Å²) in [5.74, 6) is 0.887. The highest BCUT2D eigenvalue weighted by Gasteiger charge is 2.33. The van der Waals surface area contributed by atoms with Crippen molar-refractivity contribution in [1.82, 2.24) is 29.5 Å². The Kier molecular flexibility index (Phi) is 8.34. The second-order valence-electron chi connectivity index (χ2n) is 10.8. The van der Waals surface area contributed by atoms with Crippen LogP contribution in [-0.4, -0.2) is 92.6 Å². The molecular weight excluding hydrogens is 584 g/mol. The van der Waals surface area contributed by atoms with Gasteiger partial charge in [-0.15, -0.1) is 0 Å². The predicted molar refractivity (Wildman–Crippen MR) is 164 cm³/mol. The van der Waals surface area contributed by atoms with E-state index in [9.17, 15) is 14.7 Å². The number of nitrogens with one attached hydrogen (secondary N) is 2. The molecule has 2 aliphatic heterocycles. The number of aryl methyl sites for hydroxylation is 1. The maximum atomic E-state index is 13.4. The Labute approximate surface area is 258 Å². The lowest BCUT2D eigenvalue weighted by molar-refractivity contribution is -0.134. The fourth-order valence-corrected chi connectivity index (χ4v) is 5.89. The smallest absolute Gasteiger partial charge is 0.254 e. The third kappa shape index (κ3) is 5.90. The highest BCUT2D eigenvalue weighted by molar-refractivity contribution is 6.32. The molecule has 1 unspecified atom stereocenters. The molecule has 6 rings (SSSR count). The first-order valence-electron chi connectivity index (χ1n) is 14.3. The number of ether oxygens (including phenoxy) is 1. The van der Waals surface area contributed by atoms with E-state index in [0.717, 1.165) is 22.5 Å². The minimum absolute atomic E-state index is 0.0169. The van der Waals surface area contributed by atoms with Crippen molar-refractivity contribution in [1.29, 1.82) is 5.26 Å². The van der Waals surface area contributed by atoms with Crippen LogP contribution in [0.1, 0.15) is 22.3 Å². The van der Waals surface area contributed by atoms with Gasteiger partial charge in [-0.2, -0.15) is 5.26 Å². The number of anilines is 2. The predicted octanol–water partition coefficient (Wildman–Crippen LogP) is 3.01. The molecule has 0 radical (unpaired) electrons. The second kappa shape index (κ2) is 12.5. The van der Waals surface area contributed by atoms with Crippen molar-refractivity contribution in [2.24, 2.45) is 0 Å². The molecule has 226 valence electrons. The zero-order valence-electron chi connectivity index (χ0n) is 24.0. The van der Waals surface area contributed by atoms with E-state index in [-0.39, 0.29) is 24.5 Å². The number of aliphatic hydroxyl groups is 1. The summed E-state index contributed by atoms with van der Waals surface area (Å²) in [4.78, 5) is 38.8. The zero-order chi connectivity index (χ0) is 30.8. The van der Waals surface area contributed by atoms with Gasteiger partial charge in [0.05, 0.1) is 29.1 Å². The zero-order valence-corrected chi connectivity index (χ0v) is 24.8. The van der Waals surface area contributed by atoms with Crippen LogP contribution < -0.4 is 15.4 Å². The number of aliphatic hydroxyl groups excluding tert-OH is 1. The summed E-state index contributed by atoms with van der Waals surface area (Å²) in [5.41, 5.74) is 4.40. The molecule has 2 aliphatic rings. The topological polar surface area (TPSA) is 148 Å². The number of rotatable bonds is 7. The normalized spacial score (nSPS) is 18.3. The maximum absolute atomic E-state index is 13.4. The summed E-state index contributed by atoms with van der Waals surface area (Å²) < 4.78 is 7.25. The molecule has 12 nitrogen and oxygen atoms in total. The number of aromatic nitrogens is 3. The molecule has 2 atom stereocenters. The quantitative estimate of drug-likeness (QED) is 0.286. The third-order valence-corrected chi connectivity index (χ3v) is 8.25. The van der Waals surface area contributed by atoms with Gasteiger partial charge < -0.3 is 30.3 Å². The standard InChI is InChI=1S/C31H31ClN8O4/c1-19-14-21(3-4-23(19)30(42)38-9-11-39(12-10-38)31(43)25-16-22(41)17-35-25)37-28-29-36-18-26(40(29)8-7-34-28)20-2-5-27(24(32)15-20)44-13-6-33/h2-5,7-8,14-15,18,22,25,35,41H,9-13,16-17H2,1H3,(H,34,37)/t22-,25?/m1/s1. The van der Waals surface area contributed by atoms with E-state index in [1.54, 1.807) is 40.4 Å². The lowest BCUT2D eigenvalue weighted by atomic mass is 10.1. The Morgan fingerprint density at radius 2 is 1.95 bits per heavy atom. The van der Waals surface area contributed by atoms with Crippen molar-refractivity contribution in [3.63, 3.8) is 0 Å². The van der Waals surface area contributed by atoms with E-state index in [0.29, 0.717) is 66.9 Å². The Morgan fingerprint density at radius 1 is 1.16 bits per heavy atom. The minimum atomic E-state index is -0.492. The van der Waals surface area contributed by atoms with Crippen LogP contribution in [-0.2, 0) is 4.79 Å². The fraction of sp³-hybridized carbons (Fsp3) is 0.323. The van der Waals surface area contributed by atoms with Gasteiger partial charge >= 0.3 is 0 Å². The van der Waals surface area contributed by atoms with Crippen LogP contribution in [0.25, 0.3) is 16.9 Å². The minimum Gasteiger partial charge on any atom is -0.477 e. The Balaban J connectivity index is 1.13. The van der Waals surface area contributed by atoms with Gasteiger partial charge in [0.15, 0.2) is 18.1 Å². The van der Waals surface area contributed by atoms with Gasteiger partial charge in [-0.1, -0.05) is 11.6 Å². The number of nitrogens with zero attached hydrogens (tertiary/aromatic N) is 6. The summed E-state index contributed by atoms with van der Waals surface area (Å²) in [7, 11) is 0. The number of β-amino-alcohol motifs (C(OH)–C–C–N with tert-alkyl or cyclic N) is 1. The van der Waals surface area contributed by atoms with E-state index in [1.807, 2.05) is 41.8 Å². The van der Waals surface area contributed by atoms with Crippen molar-refractivity contribution in [3.05, 3.63) is 71.1 Å². The van der Waals surface area contributed by atoms with Crippen molar-refractivity contribution < 1.29 is 19.4 Å². The third-order valence-electron chi connectivity index (χ3n) is 7.95. The van der Waals surface area contributed by atoms with Gasteiger partial charge in [-0.3, -0.25) is 14.0 Å². The average Bonchev–Trinajstić information content (AvgIpc) is 3.67. The monoisotopic (exact) mass is 614 g/mol. The Hall–Kier alpha value is -4.70. The summed E-state index contributed by atoms with van der Waals surface area (Å²) in [6, 6.07) is 12.5. The number of halogens is 1. The number of imidazole rings is 1. The molecule has 0 saturated carbocycles. The first-order chi connectivity index (χ1) is 21.3. The van der Waals surface area contributed by atoms with Crippen molar-refractivity contribution in [2.45, 2.75) is 25.5 Å². The second-order valence-corrected chi connectivity index (χ2v) is 11.2. The number of hydrogen-bond acceptors (Lipinski definition) is 9. The molecule has 13 heteroatoms. The number of nitriles is 1. The van der Waals surface area contributed by atoms with E-state index >= 15 is 0 Å². The average molecular weight is 615 g/mol. The number of carbonyl (C=O) groups is 2. The van der Waals surface area contributed by atoms with Gasteiger partial charge in [-0.25, -0.2) is 9.97 Å². The van der Waals surface area contributed by atoms with Crippen LogP contribution >= 0.6 is 11.6 Å². The van der Waals surface area contributed by atoms with Crippen LogP contribution in [0.3, 0.4) is 0 Å². The van der Waals surface area contributed by atoms with E-state index in [4.69, 9.17) is 21.6 Å². The number of fused-ring (bicyclic) bond motifs is 1. The summed E-state index contributed by atoms with van der Waals surface area (Å²) in [6.07, 6.45) is 5.15. The highest BCUT2D eigenvalue weighted by atomic mass is 35.5. The molecule has 2 amide bonds. The SMILES string of the molecule is Cc1cc(Nc2nccn3c(-c4ccc(OCC#N)c(Cl)c4)cnc23)ccc1C(=O)N1CCN(C(=O)C2C[C@@H](O)CN2)CC1. The molecule has 2 aromatic heterocycles. The molecule has 0 aliphatic carbocycles. The van der Waals surface area contributed by atoms with Crippen LogP contribution in [0.4, 0.5) is 11.5 Å². The molecular formula is C31H31ClN8O4. The maximum Gasteiger partial charge on any atom is 0.254 e. The van der Waals surface area contributed by atoms with E-state index < -0.39 is 6.10 Å². The Morgan fingerprint density at radius 3 is 2.66 bits per heavy atom. The van der Waals surface area contributed by atoms with Gasteiger partial charge in [-0.05, 0) is 55.3 Å². The lowest BCUT2D eigenvalue weighted by Crippen LogP contribution is -2.54. The fourth-order valence-electron chi connectivity index (χ4n) is 5.65. The summed E-state index contributed by atoms with van der Waals surface area (Å²) in [5, 5.41) is 25.3. The largest absolute Gasteiger partial charge is 0.477 e. The molecule has 0 bridgehead atoms. The van der Waals surface area contributed by atoms with Gasteiger partial charge in [0, 0.05) is 61.9 Å². The molecule has 0 spiro atoms. The van der Waals surface area contributed by atoms with Gasteiger partial charge in [0.1, 0.15) is 11.8 Å². The molecule has 2 fully saturated rings. The first kappa shape index (κ1) is 29.4. The van der Waals surface area contributed by atoms with Crippen molar-refractivity contribution in [2.75, 3.05) is 44.6 Å². The molecule has 3 N–H and O–H groups in total. The first-order valence-corrected chi connectivity index (χ1v) is 14.7. The number of hydrogen-bond donors (Lipinski definition) is 3.